The largest absolute Gasteiger partial charge is 0.462 e. The summed E-state index contributed by atoms with van der Waals surface area (Å²) in [5, 5.41) is 4.28. The van der Waals surface area contributed by atoms with Gasteiger partial charge in [-0.15, -0.1) is 0 Å². The standard InChI is InChI=1S/C22H25N3O2/c1-4-25(5-2)17-13-11-16(12-14-17)24-21-18-9-7-8-10-20(18)23-15-19(21)22(26)27-6-3/h7-15H,4-6H2,1-3H3,(H,23,24). The fourth-order valence-electron chi connectivity index (χ4n) is 3.13. The Labute approximate surface area is 160 Å². The summed E-state index contributed by atoms with van der Waals surface area (Å²) in [6, 6.07) is 16.0. The summed E-state index contributed by atoms with van der Waals surface area (Å²) in [5.41, 5.74) is 4.06. The van der Waals surface area contributed by atoms with Gasteiger partial charge in [0.15, 0.2) is 0 Å². The van der Waals surface area contributed by atoms with Crippen LogP contribution < -0.4 is 10.2 Å². The molecule has 5 heteroatoms. The third-order valence-corrected chi connectivity index (χ3v) is 4.54. The van der Waals surface area contributed by atoms with Crippen molar-refractivity contribution in [3.8, 4) is 0 Å². The molecule has 3 rings (SSSR count). The summed E-state index contributed by atoms with van der Waals surface area (Å²) in [4.78, 5) is 19.1. The second kappa shape index (κ2) is 8.54. The van der Waals surface area contributed by atoms with E-state index < -0.39 is 0 Å². The molecule has 0 radical (unpaired) electrons. The van der Waals surface area contributed by atoms with Gasteiger partial charge in [-0.3, -0.25) is 4.98 Å². The van der Waals surface area contributed by atoms with Crippen LogP contribution >= 0.6 is 0 Å². The minimum absolute atomic E-state index is 0.323. The molecule has 0 amide bonds. The van der Waals surface area contributed by atoms with Crippen molar-refractivity contribution in [3.63, 3.8) is 0 Å². The summed E-state index contributed by atoms with van der Waals surface area (Å²) >= 11 is 0. The molecule has 0 saturated carbocycles. The zero-order valence-corrected chi connectivity index (χ0v) is 16.0. The summed E-state index contributed by atoms with van der Waals surface area (Å²) in [7, 11) is 0. The van der Waals surface area contributed by atoms with Crippen LogP contribution in [-0.2, 0) is 4.74 Å². The third-order valence-electron chi connectivity index (χ3n) is 4.54. The highest BCUT2D eigenvalue weighted by atomic mass is 16.5. The van der Waals surface area contributed by atoms with Crippen LogP contribution in [0.15, 0.2) is 54.7 Å². The molecule has 0 saturated heterocycles. The van der Waals surface area contributed by atoms with E-state index >= 15 is 0 Å². The number of nitrogens with zero attached hydrogens (tertiary/aromatic N) is 2. The summed E-state index contributed by atoms with van der Waals surface area (Å²) < 4.78 is 5.21. The number of anilines is 3. The quantitative estimate of drug-likeness (QED) is 0.599. The normalized spacial score (nSPS) is 10.6. The SMILES string of the molecule is CCOC(=O)c1cnc2ccccc2c1Nc1ccc(N(CC)CC)cc1. The molecule has 0 bridgehead atoms. The summed E-state index contributed by atoms with van der Waals surface area (Å²) in [6.45, 7) is 8.33. The predicted octanol–water partition coefficient (Wildman–Crippen LogP) is 5.00. The van der Waals surface area contributed by atoms with E-state index in [-0.39, 0.29) is 5.97 Å². The number of hydrogen-bond acceptors (Lipinski definition) is 5. The molecule has 0 aliphatic heterocycles. The number of hydrogen-bond donors (Lipinski definition) is 1. The van der Waals surface area contributed by atoms with Crippen molar-refractivity contribution in [2.75, 3.05) is 29.9 Å². The number of para-hydroxylation sites is 1. The highest BCUT2D eigenvalue weighted by Crippen LogP contribution is 2.30. The average Bonchev–Trinajstić information content (AvgIpc) is 2.70. The molecule has 2 aromatic carbocycles. The van der Waals surface area contributed by atoms with Crippen molar-refractivity contribution < 1.29 is 9.53 Å². The maximum Gasteiger partial charge on any atom is 0.341 e. The molecular formula is C22H25N3O2. The van der Waals surface area contributed by atoms with Crippen molar-refractivity contribution in [2.45, 2.75) is 20.8 Å². The van der Waals surface area contributed by atoms with Crippen LogP contribution in [0.3, 0.4) is 0 Å². The molecule has 0 aliphatic carbocycles. The van der Waals surface area contributed by atoms with Gasteiger partial charge in [0.05, 0.1) is 17.8 Å². The number of ether oxygens (including phenoxy) is 1. The Morgan fingerprint density at radius 2 is 1.74 bits per heavy atom. The van der Waals surface area contributed by atoms with E-state index in [4.69, 9.17) is 4.74 Å². The Morgan fingerprint density at radius 1 is 1.04 bits per heavy atom. The Balaban J connectivity index is 1.99. The lowest BCUT2D eigenvalue weighted by atomic mass is 10.1. The topological polar surface area (TPSA) is 54.5 Å². The van der Waals surface area contributed by atoms with Crippen LogP contribution in [0.1, 0.15) is 31.1 Å². The zero-order valence-electron chi connectivity index (χ0n) is 16.0. The first-order chi connectivity index (χ1) is 13.2. The number of rotatable bonds is 7. The van der Waals surface area contributed by atoms with Gasteiger partial charge in [-0.25, -0.2) is 4.79 Å². The number of carbonyl (C=O) groups excluding carboxylic acids is 1. The van der Waals surface area contributed by atoms with Crippen LogP contribution in [0.4, 0.5) is 17.1 Å². The van der Waals surface area contributed by atoms with Gasteiger partial charge in [0.25, 0.3) is 0 Å². The van der Waals surface area contributed by atoms with E-state index in [1.807, 2.05) is 36.4 Å². The highest BCUT2D eigenvalue weighted by molar-refractivity contribution is 6.06. The first kappa shape index (κ1) is 18.7. The monoisotopic (exact) mass is 363 g/mol. The van der Waals surface area contributed by atoms with Crippen molar-refractivity contribution >= 4 is 33.9 Å². The van der Waals surface area contributed by atoms with Gasteiger partial charge in [0.2, 0.25) is 0 Å². The Bertz CT molecular complexity index is 918. The molecule has 1 aromatic heterocycles. The van der Waals surface area contributed by atoms with Crippen molar-refractivity contribution in [2.24, 2.45) is 0 Å². The number of nitrogens with one attached hydrogen (secondary N) is 1. The van der Waals surface area contributed by atoms with Gasteiger partial charge in [-0.2, -0.15) is 0 Å². The van der Waals surface area contributed by atoms with Crippen LogP contribution in [0.5, 0.6) is 0 Å². The Hall–Kier alpha value is -3.08. The van der Waals surface area contributed by atoms with Gasteiger partial charge < -0.3 is 15.0 Å². The number of benzene rings is 2. The molecule has 1 heterocycles. The second-order valence-electron chi connectivity index (χ2n) is 6.13. The maximum atomic E-state index is 12.4. The molecule has 0 aliphatic rings. The van der Waals surface area contributed by atoms with Gasteiger partial charge in [-0.05, 0) is 51.1 Å². The van der Waals surface area contributed by atoms with E-state index in [9.17, 15) is 4.79 Å². The van der Waals surface area contributed by atoms with E-state index in [1.165, 1.54) is 5.69 Å². The Kier molecular flexibility index (Phi) is 5.91. The number of pyridine rings is 1. The van der Waals surface area contributed by atoms with E-state index in [0.717, 1.165) is 35.4 Å². The molecule has 3 aromatic rings. The van der Waals surface area contributed by atoms with Crippen LogP contribution in [-0.4, -0.2) is 30.6 Å². The number of aromatic nitrogens is 1. The van der Waals surface area contributed by atoms with Crippen molar-refractivity contribution in [1.29, 1.82) is 0 Å². The second-order valence-corrected chi connectivity index (χ2v) is 6.13. The Morgan fingerprint density at radius 3 is 2.41 bits per heavy atom. The summed E-state index contributed by atoms with van der Waals surface area (Å²) in [6.07, 6.45) is 1.58. The van der Waals surface area contributed by atoms with E-state index in [0.29, 0.717) is 12.2 Å². The van der Waals surface area contributed by atoms with Gasteiger partial charge in [0, 0.05) is 36.0 Å². The van der Waals surface area contributed by atoms with Gasteiger partial charge in [-0.1, -0.05) is 18.2 Å². The lowest BCUT2D eigenvalue weighted by Gasteiger charge is -2.21. The molecule has 0 atom stereocenters. The molecule has 27 heavy (non-hydrogen) atoms. The van der Waals surface area contributed by atoms with Gasteiger partial charge >= 0.3 is 5.97 Å². The molecule has 140 valence electrons. The number of fused-ring (bicyclic) bond motifs is 1. The van der Waals surface area contributed by atoms with Crippen LogP contribution in [0.25, 0.3) is 10.9 Å². The lowest BCUT2D eigenvalue weighted by Crippen LogP contribution is -2.21. The smallest absolute Gasteiger partial charge is 0.341 e. The van der Waals surface area contributed by atoms with E-state index in [1.54, 1.807) is 13.1 Å². The fourth-order valence-corrected chi connectivity index (χ4v) is 3.13. The van der Waals surface area contributed by atoms with Gasteiger partial charge in [0.1, 0.15) is 5.56 Å². The highest BCUT2D eigenvalue weighted by Gasteiger charge is 2.17. The van der Waals surface area contributed by atoms with Crippen LogP contribution in [0, 0.1) is 0 Å². The molecule has 1 N–H and O–H groups in total. The minimum atomic E-state index is -0.377. The van der Waals surface area contributed by atoms with Crippen LogP contribution in [0.2, 0.25) is 0 Å². The van der Waals surface area contributed by atoms with E-state index in [2.05, 4.69) is 41.2 Å². The zero-order chi connectivity index (χ0) is 19.2. The third kappa shape index (κ3) is 4.03. The van der Waals surface area contributed by atoms with Crippen molar-refractivity contribution in [3.05, 3.63) is 60.3 Å². The fraction of sp³-hybridized carbons (Fsp3) is 0.273. The number of carbonyl (C=O) groups is 1. The molecule has 0 unspecified atom stereocenters. The molecule has 0 spiro atoms. The van der Waals surface area contributed by atoms with Crippen molar-refractivity contribution in [1.82, 2.24) is 4.98 Å². The predicted molar refractivity (Wildman–Crippen MR) is 111 cm³/mol. The first-order valence-corrected chi connectivity index (χ1v) is 9.34. The molecular weight excluding hydrogens is 338 g/mol. The molecule has 0 fully saturated rings. The first-order valence-electron chi connectivity index (χ1n) is 9.34. The number of esters is 1. The lowest BCUT2D eigenvalue weighted by molar-refractivity contribution is 0.0527. The average molecular weight is 363 g/mol. The minimum Gasteiger partial charge on any atom is -0.462 e. The maximum absolute atomic E-state index is 12.4. The molecule has 5 nitrogen and oxygen atoms in total. The summed E-state index contributed by atoms with van der Waals surface area (Å²) in [5.74, 6) is -0.377.